The van der Waals surface area contributed by atoms with Crippen LogP contribution in [0.1, 0.15) is 96.9 Å². The third kappa shape index (κ3) is 5.58. The SMILES string of the molecule is C=Cc1c(C)c2cc3nc(cc4[nH]c(cc5nc(cc1[nH]2)C(C)=C5CCC(=C)C#N)c(CCC(=C)C)c4C)C(C)C3C=C. The highest BCUT2D eigenvalue weighted by molar-refractivity contribution is 5.93. The zero-order chi connectivity index (χ0) is 31.0. The van der Waals surface area contributed by atoms with Gasteiger partial charge in [0.05, 0.1) is 23.2 Å². The molecule has 5 nitrogen and oxygen atoms in total. The molecule has 2 unspecified atom stereocenters. The Labute approximate surface area is 255 Å². The van der Waals surface area contributed by atoms with Crippen LogP contribution in [-0.2, 0) is 6.42 Å². The van der Waals surface area contributed by atoms with Crippen LogP contribution in [0.4, 0.5) is 0 Å². The number of nitrogens with zero attached hydrogens (tertiary/aromatic N) is 3. The summed E-state index contributed by atoms with van der Waals surface area (Å²) in [5.74, 6) is 0.301. The summed E-state index contributed by atoms with van der Waals surface area (Å²) in [4.78, 5) is 17.7. The molecule has 2 aliphatic rings. The van der Waals surface area contributed by atoms with Crippen molar-refractivity contribution in [2.24, 2.45) is 0 Å². The van der Waals surface area contributed by atoms with Crippen LogP contribution in [-0.4, -0.2) is 19.9 Å². The van der Waals surface area contributed by atoms with Crippen LogP contribution in [0.25, 0.3) is 39.3 Å². The topological polar surface area (TPSA) is 81.2 Å². The summed E-state index contributed by atoms with van der Waals surface area (Å²) in [6.07, 6.45) is 6.98. The molecular weight excluding hydrogens is 526 g/mol. The van der Waals surface area contributed by atoms with E-state index in [1.165, 1.54) is 11.1 Å². The van der Waals surface area contributed by atoms with Crippen LogP contribution < -0.4 is 0 Å². The van der Waals surface area contributed by atoms with Gasteiger partial charge in [0, 0.05) is 50.7 Å². The van der Waals surface area contributed by atoms with Gasteiger partial charge >= 0.3 is 0 Å². The Kier molecular flexibility index (Phi) is 8.24. The summed E-state index contributed by atoms with van der Waals surface area (Å²) in [6.45, 7) is 27.1. The number of aromatic amines is 2. The van der Waals surface area contributed by atoms with Gasteiger partial charge in [0.2, 0.25) is 0 Å². The lowest BCUT2D eigenvalue weighted by atomic mass is 9.91. The Balaban J connectivity index is 1.91. The van der Waals surface area contributed by atoms with Crippen molar-refractivity contribution in [3.63, 3.8) is 0 Å². The van der Waals surface area contributed by atoms with Crippen LogP contribution >= 0.6 is 0 Å². The Bertz CT molecular complexity index is 1920. The van der Waals surface area contributed by atoms with Crippen molar-refractivity contribution < 1.29 is 0 Å². The molecule has 2 atom stereocenters. The predicted octanol–water partition coefficient (Wildman–Crippen LogP) is 9.95. The molecule has 0 saturated carbocycles. The first-order valence-electron chi connectivity index (χ1n) is 15.0. The minimum Gasteiger partial charge on any atom is -0.355 e. The first-order chi connectivity index (χ1) is 20.6. The molecular formula is C38H41N5. The van der Waals surface area contributed by atoms with Crippen LogP contribution in [0.2, 0.25) is 0 Å². The Morgan fingerprint density at radius 1 is 0.884 bits per heavy atom. The predicted molar refractivity (Wildman–Crippen MR) is 182 cm³/mol. The largest absolute Gasteiger partial charge is 0.355 e. The number of nitrogens with one attached hydrogen (secondary N) is 2. The molecule has 0 spiro atoms. The Morgan fingerprint density at radius 2 is 1.56 bits per heavy atom. The Hall–Kier alpha value is -4.69. The van der Waals surface area contributed by atoms with Gasteiger partial charge in [-0.15, -0.1) is 13.2 Å². The van der Waals surface area contributed by atoms with E-state index in [2.05, 4.69) is 101 Å². The number of hydrogen-bond acceptors (Lipinski definition) is 3. The van der Waals surface area contributed by atoms with Crippen LogP contribution in [0.3, 0.4) is 0 Å². The van der Waals surface area contributed by atoms with Gasteiger partial charge in [-0.3, -0.25) is 4.98 Å². The van der Waals surface area contributed by atoms with E-state index >= 15 is 0 Å². The molecule has 5 rings (SSSR count). The summed E-state index contributed by atoms with van der Waals surface area (Å²) in [7, 11) is 0. The highest BCUT2D eigenvalue weighted by Gasteiger charge is 2.27. The maximum Gasteiger partial charge on any atom is 0.0940 e. The molecule has 0 fully saturated rings. The van der Waals surface area contributed by atoms with Gasteiger partial charge in [-0.2, -0.15) is 5.26 Å². The second kappa shape index (κ2) is 11.9. The number of fused-ring (bicyclic) bond motifs is 8. The van der Waals surface area contributed by atoms with Gasteiger partial charge in [-0.05, 0) is 105 Å². The lowest BCUT2D eigenvalue weighted by molar-refractivity contribution is 0.712. The summed E-state index contributed by atoms with van der Waals surface area (Å²) in [6, 6.07) is 10.9. The van der Waals surface area contributed by atoms with E-state index in [0.29, 0.717) is 18.4 Å². The van der Waals surface area contributed by atoms with Crippen molar-refractivity contribution in [1.82, 2.24) is 19.9 Å². The van der Waals surface area contributed by atoms with E-state index < -0.39 is 0 Å². The molecule has 5 heterocycles. The smallest absolute Gasteiger partial charge is 0.0940 e. The fourth-order valence-electron chi connectivity index (χ4n) is 6.27. The molecule has 0 saturated heterocycles. The molecule has 3 aromatic heterocycles. The van der Waals surface area contributed by atoms with Crippen LogP contribution in [0.15, 0.2) is 67.8 Å². The summed E-state index contributed by atoms with van der Waals surface area (Å²) in [5.41, 5.74) is 16.5. The molecule has 0 radical (unpaired) electrons. The lowest BCUT2D eigenvalue weighted by Gasteiger charge is -2.10. The molecule has 0 aliphatic carbocycles. The van der Waals surface area contributed by atoms with Gasteiger partial charge in [0.15, 0.2) is 0 Å². The minimum absolute atomic E-state index is 0.111. The number of aryl methyl sites for hydroxylation is 3. The number of allylic oxidation sites excluding steroid dienone is 5. The first-order valence-corrected chi connectivity index (χ1v) is 15.0. The molecule has 43 heavy (non-hydrogen) atoms. The average Bonchev–Trinajstić information content (AvgIpc) is 3.63. The molecule has 0 aromatic carbocycles. The van der Waals surface area contributed by atoms with E-state index in [-0.39, 0.29) is 11.8 Å². The highest BCUT2D eigenvalue weighted by atomic mass is 14.8. The standard InChI is InChI=1S/C38H41N5/c1-10-27-23(6)31-16-32-25(8)29(14-12-21(3)4)37(42-32)19-38-30(15-13-22(5)20-39)26(9)34(43-38)18-36-28(11-2)24(7)33(41-36)17-35(27)40-31/h10-11,16-19,23,27,41-42H,1-3,5,12-15H2,4,6-9H3. The zero-order valence-electron chi connectivity index (χ0n) is 26.1. The summed E-state index contributed by atoms with van der Waals surface area (Å²) in [5, 5.41) is 9.39. The van der Waals surface area contributed by atoms with Crippen LogP contribution in [0.5, 0.6) is 0 Å². The number of H-pyrrole nitrogens is 2. The highest BCUT2D eigenvalue weighted by Crippen LogP contribution is 2.39. The van der Waals surface area contributed by atoms with Gasteiger partial charge in [-0.25, -0.2) is 4.98 Å². The van der Waals surface area contributed by atoms with E-state index in [9.17, 15) is 5.26 Å². The lowest BCUT2D eigenvalue weighted by Crippen LogP contribution is -1.97. The van der Waals surface area contributed by atoms with E-state index in [1.807, 2.05) is 12.2 Å². The van der Waals surface area contributed by atoms with Crippen molar-refractivity contribution in [2.75, 3.05) is 0 Å². The second-order valence-electron chi connectivity index (χ2n) is 12.0. The second-order valence-corrected chi connectivity index (χ2v) is 12.0. The van der Waals surface area contributed by atoms with Gasteiger partial charge in [-0.1, -0.05) is 37.8 Å². The van der Waals surface area contributed by atoms with E-state index in [0.717, 1.165) is 85.5 Å². The van der Waals surface area contributed by atoms with Crippen molar-refractivity contribution in [3.8, 4) is 6.07 Å². The number of rotatable bonds is 8. The monoisotopic (exact) mass is 567 g/mol. The van der Waals surface area contributed by atoms with Crippen molar-refractivity contribution >= 4 is 39.3 Å². The number of aromatic nitrogens is 4. The quantitative estimate of drug-likeness (QED) is 0.210. The van der Waals surface area contributed by atoms with Crippen molar-refractivity contribution in [1.29, 1.82) is 5.26 Å². The van der Waals surface area contributed by atoms with E-state index in [1.54, 1.807) is 0 Å². The molecule has 218 valence electrons. The maximum atomic E-state index is 9.39. The van der Waals surface area contributed by atoms with Gasteiger partial charge in [0.1, 0.15) is 0 Å². The molecule has 2 aliphatic heterocycles. The minimum atomic E-state index is 0.111. The summed E-state index contributed by atoms with van der Waals surface area (Å²) >= 11 is 0. The molecule has 8 bridgehead atoms. The molecule has 2 N–H and O–H groups in total. The Morgan fingerprint density at radius 3 is 2.23 bits per heavy atom. The van der Waals surface area contributed by atoms with E-state index in [4.69, 9.17) is 9.97 Å². The molecule has 5 heteroatoms. The fraction of sp³-hybridized carbons (Fsp3) is 0.289. The fourth-order valence-corrected chi connectivity index (χ4v) is 6.27. The van der Waals surface area contributed by atoms with Crippen molar-refractivity contribution in [3.05, 3.63) is 113 Å². The average molecular weight is 568 g/mol. The van der Waals surface area contributed by atoms with Crippen LogP contribution in [0, 0.1) is 25.2 Å². The first kappa shape index (κ1) is 29.8. The third-order valence-electron chi connectivity index (χ3n) is 9.05. The van der Waals surface area contributed by atoms with Gasteiger partial charge < -0.3 is 9.97 Å². The summed E-state index contributed by atoms with van der Waals surface area (Å²) < 4.78 is 0. The number of hydrogen-bond donors (Lipinski definition) is 2. The molecule has 3 aromatic rings. The zero-order valence-corrected chi connectivity index (χ0v) is 26.1. The maximum absolute atomic E-state index is 9.39. The van der Waals surface area contributed by atoms with Crippen molar-refractivity contribution in [2.45, 2.75) is 72.1 Å². The number of nitriles is 1. The van der Waals surface area contributed by atoms with Gasteiger partial charge in [0.25, 0.3) is 0 Å². The third-order valence-corrected chi connectivity index (χ3v) is 9.05. The molecule has 0 amide bonds. The normalized spacial score (nSPS) is 16.2.